The quantitative estimate of drug-likeness (QED) is 0.0754. The Morgan fingerprint density at radius 3 is 1.24 bits per heavy atom. The third kappa shape index (κ3) is 26.9. The largest absolute Gasteiger partial charge is 0.341 e. The normalized spacial score (nSPS) is 11.7. The van der Waals surface area contributed by atoms with Crippen LogP contribution in [0.5, 0.6) is 0 Å². The summed E-state index contributed by atoms with van der Waals surface area (Å²) in [7, 11) is 0. The Kier molecular flexibility index (Phi) is 32.7. The van der Waals surface area contributed by atoms with Crippen LogP contribution >= 0.6 is 0 Å². The molecule has 42 heavy (non-hydrogen) atoms. The van der Waals surface area contributed by atoms with E-state index in [9.17, 15) is 4.79 Å². The van der Waals surface area contributed by atoms with E-state index in [0.717, 1.165) is 45.8 Å². The molecule has 0 aliphatic carbocycles. The van der Waals surface area contributed by atoms with E-state index in [1.165, 1.54) is 148 Å². The summed E-state index contributed by atoms with van der Waals surface area (Å²) in [5, 5.41) is 3.39. The van der Waals surface area contributed by atoms with Crippen molar-refractivity contribution in [2.24, 2.45) is 0 Å². The van der Waals surface area contributed by atoms with Crippen LogP contribution in [0.25, 0.3) is 0 Å². The van der Waals surface area contributed by atoms with Gasteiger partial charge in [0.25, 0.3) is 0 Å². The van der Waals surface area contributed by atoms with Crippen molar-refractivity contribution in [3.63, 3.8) is 0 Å². The SMILES string of the molecule is CCCCCCCCCN(CCCCCCCCC)CCN(CCCCCCCCC)CC(=O)N(CC)CCNCC. The van der Waals surface area contributed by atoms with Crippen LogP contribution in [0, 0.1) is 0 Å². The highest BCUT2D eigenvalue weighted by Crippen LogP contribution is 2.12. The number of hydrogen-bond donors (Lipinski definition) is 1. The lowest BCUT2D eigenvalue weighted by molar-refractivity contribution is -0.132. The van der Waals surface area contributed by atoms with Crippen LogP contribution < -0.4 is 5.32 Å². The van der Waals surface area contributed by atoms with E-state index in [1.54, 1.807) is 0 Å². The Hall–Kier alpha value is -0.650. The second kappa shape index (κ2) is 33.2. The van der Waals surface area contributed by atoms with Crippen molar-refractivity contribution >= 4 is 5.91 Å². The van der Waals surface area contributed by atoms with Gasteiger partial charge in [-0.2, -0.15) is 0 Å². The van der Waals surface area contributed by atoms with Crippen LogP contribution in [0.3, 0.4) is 0 Å². The molecule has 0 aromatic rings. The third-order valence-corrected chi connectivity index (χ3v) is 8.87. The molecule has 0 rings (SSSR count). The first-order valence-electron chi connectivity index (χ1n) is 19.1. The van der Waals surface area contributed by atoms with Crippen LogP contribution in [0.4, 0.5) is 0 Å². The smallest absolute Gasteiger partial charge is 0.236 e. The molecule has 0 aliphatic heterocycles. The molecular formula is C37H78N4O. The van der Waals surface area contributed by atoms with Crippen LogP contribution in [-0.2, 0) is 4.79 Å². The molecule has 0 radical (unpaired) electrons. The highest BCUT2D eigenvalue weighted by molar-refractivity contribution is 5.78. The minimum Gasteiger partial charge on any atom is -0.341 e. The molecule has 252 valence electrons. The molecule has 0 heterocycles. The van der Waals surface area contributed by atoms with Crippen molar-refractivity contribution in [1.82, 2.24) is 20.0 Å². The molecule has 0 bridgehead atoms. The zero-order valence-corrected chi connectivity index (χ0v) is 29.7. The predicted octanol–water partition coefficient (Wildman–Crippen LogP) is 9.30. The van der Waals surface area contributed by atoms with E-state index in [1.807, 2.05) is 0 Å². The Morgan fingerprint density at radius 2 is 0.833 bits per heavy atom. The Morgan fingerprint density at radius 1 is 0.452 bits per heavy atom. The average molecular weight is 595 g/mol. The fourth-order valence-corrected chi connectivity index (χ4v) is 5.91. The van der Waals surface area contributed by atoms with Crippen molar-refractivity contribution in [1.29, 1.82) is 0 Å². The second-order valence-electron chi connectivity index (χ2n) is 12.8. The molecule has 0 aliphatic rings. The topological polar surface area (TPSA) is 38.8 Å². The molecule has 1 N–H and O–H groups in total. The summed E-state index contributed by atoms with van der Waals surface area (Å²) in [5.41, 5.74) is 0. The van der Waals surface area contributed by atoms with Gasteiger partial charge < -0.3 is 15.1 Å². The van der Waals surface area contributed by atoms with Gasteiger partial charge in [-0.25, -0.2) is 0 Å². The first-order chi connectivity index (χ1) is 20.6. The van der Waals surface area contributed by atoms with E-state index in [-0.39, 0.29) is 0 Å². The number of rotatable bonds is 34. The number of hydrogen-bond acceptors (Lipinski definition) is 4. The molecule has 0 fully saturated rings. The number of unbranched alkanes of at least 4 members (excludes halogenated alkanes) is 18. The molecule has 5 nitrogen and oxygen atoms in total. The molecule has 0 aromatic heterocycles. The van der Waals surface area contributed by atoms with Gasteiger partial charge >= 0.3 is 0 Å². The van der Waals surface area contributed by atoms with E-state index in [2.05, 4.69) is 54.6 Å². The zero-order chi connectivity index (χ0) is 30.9. The fourth-order valence-electron chi connectivity index (χ4n) is 5.91. The maximum absolute atomic E-state index is 13.3. The molecule has 0 unspecified atom stereocenters. The summed E-state index contributed by atoms with van der Waals surface area (Å²) < 4.78 is 0. The monoisotopic (exact) mass is 595 g/mol. The van der Waals surface area contributed by atoms with Gasteiger partial charge in [0.05, 0.1) is 6.54 Å². The molecule has 0 spiro atoms. The number of carbonyl (C=O) groups excluding carboxylic acids is 1. The Bertz CT molecular complexity index is 526. The number of nitrogens with one attached hydrogen (secondary N) is 1. The molecule has 0 aromatic carbocycles. The van der Waals surface area contributed by atoms with Crippen molar-refractivity contribution in [3.05, 3.63) is 0 Å². The fraction of sp³-hybridized carbons (Fsp3) is 0.973. The summed E-state index contributed by atoms with van der Waals surface area (Å²) in [6.45, 7) is 20.9. The summed E-state index contributed by atoms with van der Waals surface area (Å²) in [4.78, 5) is 20.6. The van der Waals surface area contributed by atoms with Crippen LogP contribution in [0.15, 0.2) is 0 Å². The minimum absolute atomic E-state index is 0.309. The summed E-state index contributed by atoms with van der Waals surface area (Å²) in [6, 6.07) is 0. The van der Waals surface area contributed by atoms with E-state index in [4.69, 9.17) is 0 Å². The molecule has 5 heteroatoms. The molecule has 0 saturated heterocycles. The van der Waals surface area contributed by atoms with Crippen molar-refractivity contribution in [2.45, 2.75) is 169 Å². The summed E-state index contributed by atoms with van der Waals surface area (Å²) in [5.74, 6) is 0.309. The van der Waals surface area contributed by atoms with Crippen molar-refractivity contribution in [2.75, 3.05) is 65.4 Å². The molecule has 0 atom stereocenters. The van der Waals surface area contributed by atoms with Gasteiger partial charge in [0.15, 0.2) is 0 Å². The number of amides is 1. The van der Waals surface area contributed by atoms with Gasteiger partial charge in [0.2, 0.25) is 5.91 Å². The highest BCUT2D eigenvalue weighted by atomic mass is 16.2. The van der Waals surface area contributed by atoms with Crippen LogP contribution in [-0.4, -0.2) is 86.1 Å². The lowest BCUT2D eigenvalue weighted by Gasteiger charge is -2.30. The molecular weight excluding hydrogens is 516 g/mol. The van der Waals surface area contributed by atoms with Crippen LogP contribution in [0.2, 0.25) is 0 Å². The van der Waals surface area contributed by atoms with E-state index < -0.39 is 0 Å². The zero-order valence-electron chi connectivity index (χ0n) is 29.7. The second-order valence-corrected chi connectivity index (χ2v) is 12.8. The highest BCUT2D eigenvalue weighted by Gasteiger charge is 2.17. The number of nitrogens with zero attached hydrogens (tertiary/aromatic N) is 3. The standard InChI is InChI=1S/C37H78N4O/c1-6-11-14-17-20-23-26-30-39(31-27-24-21-18-15-12-7-2)34-35-40(32-28-25-22-19-16-13-8-3)36-37(42)41(10-5)33-29-38-9-4/h38H,6-36H2,1-5H3. The van der Waals surface area contributed by atoms with Gasteiger partial charge in [0.1, 0.15) is 0 Å². The minimum atomic E-state index is 0.309. The number of carbonyl (C=O) groups is 1. The van der Waals surface area contributed by atoms with Gasteiger partial charge in [-0.05, 0) is 52.4 Å². The Balaban J connectivity index is 4.94. The van der Waals surface area contributed by atoms with E-state index >= 15 is 0 Å². The lowest BCUT2D eigenvalue weighted by atomic mass is 10.1. The molecule has 0 saturated carbocycles. The first kappa shape index (κ1) is 41.4. The van der Waals surface area contributed by atoms with Crippen LogP contribution in [0.1, 0.15) is 169 Å². The summed E-state index contributed by atoms with van der Waals surface area (Å²) >= 11 is 0. The van der Waals surface area contributed by atoms with Crippen molar-refractivity contribution in [3.8, 4) is 0 Å². The predicted molar refractivity (Wildman–Crippen MR) is 188 cm³/mol. The Labute approximate surface area is 265 Å². The maximum atomic E-state index is 13.3. The third-order valence-electron chi connectivity index (χ3n) is 8.87. The average Bonchev–Trinajstić information content (AvgIpc) is 2.99. The molecule has 1 amide bonds. The summed E-state index contributed by atoms with van der Waals surface area (Å²) in [6.07, 6.45) is 28.5. The van der Waals surface area contributed by atoms with Gasteiger partial charge in [0, 0.05) is 32.7 Å². The maximum Gasteiger partial charge on any atom is 0.236 e. The van der Waals surface area contributed by atoms with Gasteiger partial charge in [-0.3, -0.25) is 9.69 Å². The first-order valence-corrected chi connectivity index (χ1v) is 19.1. The van der Waals surface area contributed by atoms with Gasteiger partial charge in [-0.1, -0.05) is 143 Å². The lowest BCUT2D eigenvalue weighted by Crippen LogP contribution is -2.45. The van der Waals surface area contributed by atoms with E-state index in [0.29, 0.717) is 12.5 Å². The van der Waals surface area contributed by atoms with Gasteiger partial charge in [-0.15, -0.1) is 0 Å². The van der Waals surface area contributed by atoms with Crippen molar-refractivity contribution < 1.29 is 4.79 Å². The number of likely N-dealkylation sites (N-methyl/N-ethyl adjacent to an activating group) is 2.